The summed E-state index contributed by atoms with van der Waals surface area (Å²) >= 11 is 0. The average molecular weight is 245 g/mol. The van der Waals surface area contributed by atoms with Crippen molar-refractivity contribution in [1.82, 2.24) is 10.2 Å². The maximum Gasteiger partial charge on any atom is 0.318 e. The first-order chi connectivity index (χ1) is 7.58. The molecule has 3 amide bonds. The molecule has 0 bridgehead atoms. The molecule has 17 heavy (non-hydrogen) atoms. The Morgan fingerprint density at radius 2 is 1.88 bits per heavy atom. The normalized spacial score (nSPS) is 12.7. The van der Waals surface area contributed by atoms with Crippen molar-refractivity contribution in [3.8, 4) is 0 Å². The first-order valence-electron chi connectivity index (χ1n) is 5.14. The van der Waals surface area contributed by atoms with E-state index in [0.717, 1.165) is 0 Å². The van der Waals surface area contributed by atoms with Gasteiger partial charge in [-0.3, -0.25) is 9.59 Å². The molecular formula is C10H19N3O4. The van der Waals surface area contributed by atoms with Crippen LogP contribution in [0.25, 0.3) is 0 Å². The molecule has 0 aliphatic rings. The molecule has 0 heterocycles. The number of amides is 3. The molecule has 0 aromatic carbocycles. The Bertz CT molecular complexity index is 328. The molecule has 0 saturated heterocycles. The Morgan fingerprint density at radius 1 is 1.41 bits per heavy atom. The van der Waals surface area contributed by atoms with Crippen molar-refractivity contribution in [2.75, 3.05) is 13.6 Å². The molecule has 0 saturated carbocycles. The van der Waals surface area contributed by atoms with Crippen molar-refractivity contribution in [3.63, 3.8) is 0 Å². The Morgan fingerprint density at radius 3 is 2.24 bits per heavy atom. The first kappa shape index (κ1) is 15.2. The van der Waals surface area contributed by atoms with Crippen LogP contribution in [0.3, 0.4) is 0 Å². The lowest BCUT2D eigenvalue weighted by atomic mass is 10.1. The van der Waals surface area contributed by atoms with E-state index in [-0.39, 0.29) is 6.54 Å². The summed E-state index contributed by atoms with van der Waals surface area (Å²) in [6, 6.07) is -0.540. The molecule has 0 aliphatic heterocycles. The maximum absolute atomic E-state index is 11.6. The van der Waals surface area contributed by atoms with Gasteiger partial charge in [-0.15, -0.1) is 0 Å². The van der Waals surface area contributed by atoms with E-state index in [4.69, 9.17) is 10.8 Å². The molecule has 1 unspecified atom stereocenters. The fourth-order valence-electron chi connectivity index (χ4n) is 0.996. The van der Waals surface area contributed by atoms with Crippen molar-refractivity contribution in [2.45, 2.75) is 26.3 Å². The summed E-state index contributed by atoms with van der Waals surface area (Å²) < 4.78 is 0. The molecule has 4 N–H and O–H groups in total. The largest absolute Gasteiger partial charge is 0.481 e. The van der Waals surface area contributed by atoms with Crippen LogP contribution < -0.4 is 11.1 Å². The van der Waals surface area contributed by atoms with E-state index in [1.807, 2.05) is 0 Å². The second-order valence-electron chi connectivity index (χ2n) is 4.54. The van der Waals surface area contributed by atoms with Crippen molar-refractivity contribution < 1.29 is 19.5 Å². The minimum absolute atomic E-state index is 0.0516. The number of rotatable bonds is 5. The van der Waals surface area contributed by atoms with E-state index >= 15 is 0 Å². The fourth-order valence-corrected chi connectivity index (χ4v) is 0.996. The van der Waals surface area contributed by atoms with Crippen molar-refractivity contribution in [1.29, 1.82) is 0 Å². The van der Waals surface area contributed by atoms with Crippen LogP contribution in [0.15, 0.2) is 0 Å². The molecule has 0 rings (SSSR count). The standard InChI is InChI=1S/C10H19N3O4/c1-6(7(14)15)5-13(4)9(17)12-10(2,3)8(11)16/h6H,5H2,1-4H3,(H2,11,16)(H,12,17)(H,14,15). The molecule has 0 aromatic heterocycles. The highest BCUT2D eigenvalue weighted by Crippen LogP contribution is 2.03. The summed E-state index contributed by atoms with van der Waals surface area (Å²) in [4.78, 5) is 34.5. The topological polar surface area (TPSA) is 113 Å². The highest BCUT2D eigenvalue weighted by molar-refractivity contribution is 5.89. The Hall–Kier alpha value is -1.79. The third-order valence-corrected chi connectivity index (χ3v) is 2.35. The van der Waals surface area contributed by atoms with Crippen LogP contribution in [0, 0.1) is 5.92 Å². The van der Waals surface area contributed by atoms with Gasteiger partial charge in [-0.2, -0.15) is 0 Å². The Labute approximate surface area is 100.0 Å². The zero-order valence-electron chi connectivity index (χ0n) is 10.5. The van der Waals surface area contributed by atoms with Gasteiger partial charge < -0.3 is 21.1 Å². The number of carboxylic acids is 1. The summed E-state index contributed by atoms with van der Waals surface area (Å²) in [5, 5.41) is 11.1. The van der Waals surface area contributed by atoms with Gasteiger partial charge in [0.2, 0.25) is 5.91 Å². The van der Waals surface area contributed by atoms with Gasteiger partial charge in [-0.25, -0.2) is 4.79 Å². The maximum atomic E-state index is 11.6. The lowest BCUT2D eigenvalue weighted by molar-refractivity contribution is -0.141. The van der Waals surface area contributed by atoms with Crippen LogP contribution in [0.2, 0.25) is 0 Å². The predicted octanol–water partition coefficient (Wildman–Crippen LogP) is -0.388. The number of carboxylic acid groups (broad SMARTS) is 1. The van der Waals surface area contributed by atoms with Gasteiger partial charge in [0.25, 0.3) is 0 Å². The van der Waals surface area contributed by atoms with Crippen LogP contribution in [0.5, 0.6) is 0 Å². The molecule has 0 spiro atoms. The highest BCUT2D eigenvalue weighted by Gasteiger charge is 2.28. The lowest BCUT2D eigenvalue weighted by Gasteiger charge is -2.27. The lowest BCUT2D eigenvalue weighted by Crippen LogP contribution is -2.56. The smallest absolute Gasteiger partial charge is 0.318 e. The Balaban J connectivity index is 4.43. The molecule has 0 fully saturated rings. The SMILES string of the molecule is CC(CN(C)C(=O)NC(C)(C)C(N)=O)C(=O)O. The minimum Gasteiger partial charge on any atom is -0.481 e. The van der Waals surface area contributed by atoms with Gasteiger partial charge in [-0.1, -0.05) is 6.92 Å². The van der Waals surface area contributed by atoms with Crippen LogP contribution in [-0.4, -0.2) is 47.0 Å². The van der Waals surface area contributed by atoms with Gasteiger partial charge >= 0.3 is 12.0 Å². The van der Waals surface area contributed by atoms with Crippen molar-refractivity contribution >= 4 is 17.9 Å². The summed E-state index contributed by atoms with van der Waals surface area (Å²) in [5.41, 5.74) is 3.93. The summed E-state index contributed by atoms with van der Waals surface area (Å²) in [5.74, 6) is -2.33. The number of hydrogen-bond acceptors (Lipinski definition) is 3. The van der Waals surface area contributed by atoms with Gasteiger partial charge in [0.05, 0.1) is 5.92 Å². The molecule has 7 nitrogen and oxygen atoms in total. The van der Waals surface area contributed by atoms with Crippen molar-refractivity contribution in [2.24, 2.45) is 11.7 Å². The third kappa shape index (κ3) is 4.71. The van der Waals surface area contributed by atoms with E-state index in [1.165, 1.54) is 32.7 Å². The van der Waals surface area contributed by atoms with Gasteiger partial charge in [0, 0.05) is 13.6 Å². The first-order valence-corrected chi connectivity index (χ1v) is 5.14. The number of nitrogens with one attached hydrogen (secondary N) is 1. The summed E-state index contributed by atoms with van der Waals surface area (Å²) in [6.07, 6.45) is 0. The molecule has 0 aliphatic carbocycles. The minimum atomic E-state index is -1.17. The molecular weight excluding hydrogens is 226 g/mol. The van der Waals surface area contributed by atoms with Gasteiger partial charge in [0.1, 0.15) is 5.54 Å². The fraction of sp³-hybridized carbons (Fsp3) is 0.700. The van der Waals surface area contributed by atoms with Crippen LogP contribution >= 0.6 is 0 Å². The monoisotopic (exact) mass is 245 g/mol. The van der Waals surface area contributed by atoms with E-state index < -0.39 is 29.4 Å². The summed E-state index contributed by atoms with van der Waals surface area (Å²) in [7, 11) is 1.45. The van der Waals surface area contributed by atoms with E-state index in [9.17, 15) is 14.4 Å². The van der Waals surface area contributed by atoms with Crippen molar-refractivity contribution in [3.05, 3.63) is 0 Å². The Kier molecular flexibility index (Phi) is 4.93. The number of aliphatic carboxylic acids is 1. The molecule has 7 heteroatoms. The number of nitrogens with zero attached hydrogens (tertiary/aromatic N) is 1. The van der Waals surface area contributed by atoms with E-state index in [2.05, 4.69) is 5.32 Å². The van der Waals surface area contributed by atoms with Crippen LogP contribution in [0.1, 0.15) is 20.8 Å². The molecule has 0 aromatic rings. The highest BCUT2D eigenvalue weighted by atomic mass is 16.4. The molecule has 98 valence electrons. The number of nitrogens with two attached hydrogens (primary N) is 1. The van der Waals surface area contributed by atoms with Crippen LogP contribution in [-0.2, 0) is 9.59 Å². The zero-order valence-corrected chi connectivity index (χ0v) is 10.5. The third-order valence-electron chi connectivity index (χ3n) is 2.35. The number of hydrogen-bond donors (Lipinski definition) is 3. The molecule has 1 atom stereocenters. The predicted molar refractivity (Wildman–Crippen MR) is 61.2 cm³/mol. The summed E-state index contributed by atoms with van der Waals surface area (Å²) in [6.45, 7) is 4.49. The van der Waals surface area contributed by atoms with E-state index in [1.54, 1.807) is 0 Å². The number of urea groups is 1. The second-order valence-corrected chi connectivity index (χ2v) is 4.54. The average Bonchev–Trinajstić information content (AvgIpc) is 2.16. The number of carbonyl (C=O) groups excluding carboxylic acids is 2. The van der Waals surface area contributed by atoms with E-state index in [0.29, 0.717) is 0 Å². The second kappa shape index (κ2) is 5.51. The van der Waals surface area contributed by atoms with Gasteiger partial charge in [-0.05, 0) is 13.8 Å². The van der Waals surface area contributed by atoms with Crippen LogP contribution in [0.4, 0.5) is 4.79 Å². The quantitative estimate of drug-likeness (QED) is 0.612. The molecule has 0 radical (unpaired) electrons. The zero-order chi connectivity index (χ0) is 13.8. The van der Waals surface area contributed by atoms with Gasteiger partial charge in [0.15, 0.2) is 0 Å². The number of carbonyl (C=O) groups is 3. The number of primary amides is 1.